The Kier molecular flexibility index (Phi) is 3.74. The summed E-state index contributed by atoms with van der Waals surface area (Å²) in [5, 5.41) is 11.8. The Morgan fingerprint density at radius 3 is 2.40 bits per heavy atom. The average Bonchev–Trinajstić information content (AvgIpc) is 2.54. The lowest BCUT2D eigenvalue weighted by Gasteiger charge is -2.24. The molecule has 0 aliphatic heterocycles. The Bertz CT molecular complexity index is 644. The lowest BCUT2D eigenvalue weighted by Crippen LogP contribution is -2.06. The molecule has 0 bridgehead atoms. The van der Waals surface area contributed by atoms with E-state index in [0.717, 1.165) is 0 Å². The van der Waals surface area contributed by atoms with Gasteiger partial charge in [0.25, 0.3) is 0 Å². The van der Waals surface area contributed by atoms with Crippen LogP contribution in [0.5, 0.6) is 0 Å². The Balaban J connectivity index is 2.13. The van der Waals surface area contributed by atoms with Gasteiger partial charge in [0.15, 0.2) is 0 Å². The van der Waals surface area contributed by atoms with Crippen molar-refractivity contribution in [1.82, 2.24) is 0 Å². The highest BCUT2D eigenvalue weighted by molar-refractivity contribution is 5.89. The van der Waals surface area contributed by atoms with Crippen LogP contribution in [0.2, 0.25) is 0 Å². The van der Waals surface area contributed by atoms with Gasteiger partial charge in [-0.1, -0.05) is 55.7 Å². The van der Waals surface area contributed by atoms with Gasteiger partial charge in [0.1, 0.15) is 0 Å². The molecule has 1 unspecified atom stereocenters. The number of nitriles is 1. The van der Waals surface area contributed by atoms with Crippen molar-refractivity contribution in [3.8, 4) is 6.07 Å². The Labute approximate surface area is 121 Å². The highest BCUT2D eigenvalue weighted by Gasteiger charge is 2.19. The zero-order valence-corrected chi connectivity index (χ0v) is 12.1. The van der Waals surface area contributed by atoms with Gasteiger partial charge in [-0.3, -0.25) is 0 Å². The first-order valence-corrected chi connectivity index (χ1v) is 7.72. The van der Waals surface area contributed by atoms with Crippen LogP contribution in [0, 0.1) is 11.3 Å². The quantitative estimate of drug-likeness (QED) is 0.700. The molecule has 0 radical (unpaired) electrons. The molecule has 1 fully saturated rings. The van der Waals surface area contributed by atoms with Crippen molar-refractivity contribution in [2.45, 2.75) is 50.9 Å². The summed E-state index contributed by atoms with van der Waals surface area (Å²) in [6.45, 7) is 1.99. The van der Waals surface area contributed by atoms with Crippen molar-refractivity contribution in [3.63, 3.8) is 0 Å². The van der Waals surface area contributed by atoms with E-state index in [1.54, 1.807) is 0 Å². The van der Waals surface area contributed by atoms with Gasteiger partial charge in [-0.25, -0.2) is 0 Å². The van der Waals surface area contributed by atoms with Gasteiger partial charge in [-0.2, -0.15) is 5.26 Å². The number of hydrogen-bond acceptors (Lipinski definition) is 1. The number of hydrogen-bond donors (Lipinski definition) is 0. The van der Waals surface area contributed by atoms with E-state index in [0.29, 0.717) is 5.92 Å². The number of nitrogens with zero attached hydrogens (tertiary/aromatic N) is 1. The molecule has 0 N–H and O–H groups in total. The van der Waals surface area contributed by atoms with Crippen molar-refractivity contribution in [2.24, 2.45) is 0 Å². The summed E-state index contributed by atoms with van der Waals surface area (Å²) in [6, 6.07) is 15.4. The molecule has 1 aliphatic rings. The first-order chi connectivity index (χ1) is 9.81. The van der Waals surface area contributed by atoms with Crippen LogP contribution >= 0.6 is 0 Å². The van der Waals surface area contributed by atoms with E-state index >= 15 is 0 Å². The third kappa shape index (κ3) is 2.31. The van der Waals surface area contributed by atoms with Gasteiger partial charge in [-0.05, 0) is 47.6 Å². The minimum absolute atomic E-state index is 0.0414. The molecule has 2 aromatic carbocycles. The molecule has 1 heteroatoms. The van der Waals surface area contributed by atoms with Crippen LogP contribution in [-0.4, -0.2) is 0 Å². The fourth-order valence-corrected chi connectivity index (χ4v) is 3.56. The van der Waals surface area contributed by atoms with Crippen LogP contribution in [-0.2, 0) is 0 Å². The summed E-state index contributed by atoms with van der Waals surface area (Å²) >= 11 is 0. The van der Waals surface area contributed by atoms with Crippen LogP contribution in [0.25, 0.3) is 10.8 Å². The number of benzene rings is 2. The van der Waals surface area contributed by atoms with Crippen LogP contribution in [0.15, 0.2) is 36.4 Å². The normalized spacial score (nSPS) is 17.8. The van der Waals surface area contributed by atoms with E-state index in [9.17, 15) is 5.26 Å². The summed E-state index contributed by atoms with van der Waals surface area (Å²) in [7, 11) is 0. The van der Waals surface area contributed by atoms with E-state index in [4.69, 9.17) is 0 Å². The molecule has 1 aliphatic carbocycles. The average molecular weight is 263 g/mol. The van der Waals surface area contributed by atoms with E-state index < -0.39 is 0 Å². The molecule has 3 rings (SSSR count). The van der Waals surface area contributed by atoms with Crippen LogP contribution in [0.3, 0.4) is 0 Å². The van der Waals surface area contributed by atoms with Crippen molar-refractivity contribution < 1.29 is 0 Å². The topological polar surface area (TPSA) is 23.8 Å². The van der Waals surface area contributed by atoms with Gasteiger partial charge >= 0.3 is 0 Å². The predicted octanol–water partition coefficient (Wildman–Crippen LogP) is 5.51. The summed E-state index contributed by atoms with van der Waals surface area (Å²) in [6.07, 6.45) is 6.73. The fraction of sp³-hybridized carbons (Fsp3) is 0.421. The predicted molar refractivity (Wildman–Crippen MR) is 83.8 cm³/mol. The van der Waals surface area contributed by atoms with Gasteiger partial charge in [0, 0.05) is 0 Å². The molecule has 1 nitrogen and oxygen atoms in total. The number of fused-ring (bicyclic) bond motifs is 1. The van der Waals surface area contributed by atoms with E-state index in [1.165, 1.54) is 54.0 Å². The molecule has 0 aromatic heterocycles. The Hall–Kier alpha value is -1.81. The van der Waals surface area contributed by atoms with E-state index in [-0.39, 0.29) is 5.92 Å². The van der Waals surface area contributed by atoms with E-state index in [2.05, 4.69) is 42.5 Å². The molecular formula is C19H21N. The molecule has 1 saturated carbocycles. The monoisotopic (exact) mass is 263 g/mol. The summed E-state index contributed by atoms with van der Waals surface area (Å²) < 4.78 is 0. The molecule has 0 amide bonds. The molecule has 0 heterocycles. The summed E-state index contributed by atoms with van der Waals surface area (Å²) in [5.41, 5.74) is 2.66. The maximum absolute atomic E-state index is 9.22. The smallest absolute Gasteiger partial charge is 0.0701 e. The van der Waals surface area contributed by atoms with Crippen molar-refractivity contribution in [1.29, 1.82) is 5.26 Å². The summed E-state index contributed by atoms with van der Waals surface area (Å²) in [4.78, 5) is 0. The van der Waals surface area contributed by atoms with Gasteiger partial charge < -0.3 is 0 Å². The molecule has 102 valence electrons. The second kappa shape index (κ2) is 5.67. The second-order valence-corrected chi connectivity index (χ2v) is 5.98. The molecular weight excluding hydrogens is 242 g/mol. The zero-order valence-electron chi connectivity index (χ0n) is 12.1. The second-order valence-electron chi connectivity index (χ2n) is 5.98. The highest BCUT2D eigenvalue weighted by atomic mass is 14.3. The number of rotatable bonds is 2. The maximum atomic E-state index is 9.22. The molecule has 0 spiro atoms. The van der Waals surface area contributed by atoms with Crippen LogP contribution in [0.1, 0.15) is 62.0 Å². The van der Waals surface area contributed by atoms with E-state index in [1.807, 2.05) is 6.92 Å². The molecule has 0 saturated heterocycles. The Morgan fingerprint density at radius 2 is 1.70 bits per heavy atom. The third-order valence-corrected chi connectivity index (χ3v) is 4.70. The zero-order chi connectivity index (χ0) is 13.9. The van der Waals surface area contributed by atoms with Gasteiger partial charge in [0.05, 0.1) is 12.0 Å². The van der Waals surface area contributed by atoms with Crippen LogP contribution in [0.4, 0.5) is 0 Å². The minimum atomic E-state index is -0.0414. The van der Waals surface area contributed by atoms with Gasteiger partial charge in [0.2, 0.25) is 0 Å². The van der Waals surface area contributed by atoms with Crippen molar-refractivity contribution in [2.75, 3.05) is 0 Å². The first-order valence-electron chi connectivity index (χ1n) is 7.72. The Morgan fingerprint density at radius 1 is 1.00 bits per heavy atom. The highest BCUT2D eigenvalue weighted by Crippen LogP contribution is 2.38. The van der Waals surface area contributed by atoms with Gasteiger partial charge in [-0.15, -0.1) is 0 Å². The summed E-state index contributed by atoms with van der Waals surface area (Å²) in [5.74, 6) is 0.667. The molecule has 2 aromatic rings. The van der Waals surface area contributed by atoms with Crippen molar-refractivity contribution in [3.05, 3.63) is 47.5 Å². The third-order valence-electron chi connectivity index (χ3n) is 4.70. The minimum Gasteiger partial charge on any atom is -0.198 e. The fourth-order valence-electron chi connectivity index (χ4n) is 3.56. The lowest BCUT2D eigenvalue weighted by molar-refractivity contribution is 0.445. The molecule has 1 atom stereocenters. The van der Waals surface area contributed by atoms with Crippen LogP contribution < -0.4 is 0 Å². The lowest BCUT2D eigenvalue weighted by atomic mass is 9.80. The largest absolute Gasteiger partial charge is 0.198 e. The standard InChI is InChI=1S/C19H21N/c1-14(13-20)16-11-12-17(15-7-3-2-4-8-15)19-10-6-5-9-18(16)19/h5-6,9-12,14-15H,2-4,7-8H2,1H3. The SMILES string of the molecule is CC(C#N)c1ccc(C2CCCCC2)c2ccccc12. The maximum Gasteiger partial charge on any atom is 0.0701 e. The first kappa shape index (κ1) is 13.2. The molecule has 20 heavy (non-hydrogen) atoms. The van der Waals surface area contributed by atoms with Crippen molar-refractivity contribution >= 4 is 10.8 Å².